The maximum atomic E-state index is 11.4. The van der Waals surface area contributed by atoms with E-state index in [-0.39, 0.29) is 5.91 Å². The molecule has 188 valence electrons. The Balaban J connectivity index is 1.40. The predicted molar refractivity (Wildman–Crippen MR) is 160 cm³/mol. The molecule has 0 aliphatic heterocycles. The molecule has 4 nitrogen and oxygen atoms in total. The molecule has 0 radical (unpaired) electrons. The fourth-order valence-corrected chi connectivity index (χ4v) is 4.75. The number of benzene rings is 5. The molecule has 0 atom stereocenters. The third-order valence-electron chi connectivity index (χ3n) is 6.73. The van der Waals surface area contributed by atoms with Crippen molar-refractivity contribution in [2.45, 2.75) is 6.92 Å². The van der Waals surface area contributed by atoms with Gasteiger partial charge in [0.1, 0.15) is 5.82 Å². The fourth-order valence-electron chi connectivity index (χ4n) is 4.75. The molecule has 0 spiro atoms. The normalized spacial score (nSPS) is 10.8. The van der Waals surface area contributed by atoms with Gasteiger partial charge >= 0.3 is 0 Å². The number of hydrogen-bond acceptors (Lipinski definition) is 2. The van der Waals surface area contributed by atoms with Crippen LogP contribution in [-0.4, -0.2) is 15.9 Å². The predicted octanol–water partition coefficient (Wildman–Crippen LogP) is 8.70. The van der Waals surface area contributed by atoms with Crippen LogP contribution in [-0.2, 0) is 4.79 Å². The number of nitrogens with one attached hydrogen (secondary N) is 2. The van der Waals surface area contributed by atoms with E-state index in [0.717, 1.165) is 45.2 Å². The van der Waals surface area contributed by atoms with Crippen LogP contribution in [0.15, 0.2) is 133 Å². The van der Waals surface area contributed by atoms with Gasteiger partial charge in [-0.1, -0.05) is 109 Å². The maximum Gasteiger partial charge on any atom is 0.221 e. The number of amides is 1. The summed E-state index contributed by atoms with van der Waals surface area (Å²) in [4.78, 5) is 20.1. The molecule has 39 heavy (non-hydrogen) atoms. The topological polar surface area (TPSA) is 57.8 Å². The van der Waals surface area contributed by atoms with Crippen LogP contribution in [0.3, 0.4) is 0 Å². The van der Waals surface area contributed by atoms with Crippen molar-refractivity contribution in [3.05, 3.63) is 133 Å². The first-order valence-corrected chi connectivity index (χ1v) is 12.9. The number of H-pyrrole nitrogens is 1. The Hall–Kier alpha value is -5.22. The lowest BCUT2D eigenvalue weighted by molar-refractivity contribution is -0.114. The van der Waals surface area contributed by atoms with Gasteiger partial charge in [0.2, 0.25) is 5.91 Å². The zero-order chi connectivity index (χ0) is 26.6. The molecule has 1 heterocycles. The molecule has 0 fully saturated rings. The van der Waals surface area contributed by atoms with Crippen LogP contribution in [0, 0.1) is 0 Å². The van der Waals surface area contributed by atoms with E-state index in [1.54, 1.807) is 0 Å². The van der Waals surface area contributed by atoms with Crippen molar-refractivity contribution in [3.8, 4) is 56.2 Å². The zero-order valence-electron chi connectivity index (χ0n) is 21.6. The van der Waals surface area contributed by atoms with Gasteiger partial charge in [-0.2, -0.15) is 0 Å². The van der Waals surface area contributed by atoms with Crippen molar-refractivity contribution in [3.63, 3.8) is 0 Å². The molecule has 6 rings (SSSR count). The Bertz CT molecular complexity index is 1600. The van der Waals surface area contributed by atoms with Gasteiger partial charge in [-0.15, -0.1) is 0 Å². The van der Waals surface area contributed by atoms with E-state index in [2.05, 4.69) is 107 Å². The van der Waals surface area contributed by atoms with Crippen LogP contribution < -0.4 is 5.32 Å². The SMILES string of the molecule is CC(=O)Nc1ccc(-c2nc(-c3ccc(-c4ccccc4)cc3)c(-c3ccc(-c4ccccc4)cc3)[nH]2)cc1. The Morgan fingerprint density at radius 1 is 0.538 bits per heavy atom. The van der Waals surface area contributed by atoms with Gasteiger partial charge in [-0.05, 0) is 46.5 Å². The summed E-state index contributed by atoms with van der Waals surface area (Å²) in [6, 6.07) is 45.6. The van der Waals surface area contributed by atoms with E-state index >= 15 is 0 Å². The molecule has 6 aromatic rings. The van der Waals surface area contributed by atoms with E-state index < -0.39 is 0 Å². The molecular formula is C35H27N3O. The lowest BCUT2D eigenvalue weighted by Crippen LogP contribution is -2.05. The first-order chi connectivity index (χ1) is 19.1. The smallest absolute Gasteiger partial charge is 0.221 e. The second kappa shape index (κ2) is 10.6. The molecule has 0 aliphatic carbocycles. The highest BCUT2D eigenvalue weighted by molar-refractivity contribution is 5.89. The maximum absolute atomic E-state index is 11.4. The van der Waals surface area contributed by atoms with Crippen molar-refractivity contribution >= 4 is 11.6 Å². The van der Waals surface area contributed by atoms with Crippen LogP contribution in [0.4, 0.5) is 5.69 Å². The minimum Gasteiger partial charge on any atom is -0.337 e. The second-order valence-electron chi connectivity index (χ2n) is 9.45. The number of carbonyl (C=O) groups excluding carboxylic acids is 1. The van der Waals surface area contributed by atoms with Crippen LogP contribution in [0.1, 0.15) is 6.92 Å². The zero-order valence-corrected chi connectivity index (χ0v) is 21.6. The summed E-state index contributed by atoms with van der Waals surface area (Å²) in [5.74, 6) is 0.678. The highest BCUT2D eigenvalue weighted by Gasteiger charge is 2.16. The van der Waals surface area contributed by atoms with E-state index in [1.165, 1.54) is 23.6 Å². The summed E-state index contributed by atoms with van der Waals surface area (Å²) in [5.41, 5.74) is 10.3. The molecular weight excluding hydrogens is 478 g/mol. The van der Waals surface area contributed by atoms with Gasteiger partial charge in [0.25, 0.3) is 0 Å². The average molecular weight is 506 g/mol. The Morgan fingerprint density at radius 3 is 1.49 bits per heavy atom. The Kier molecular flexibility index (Phi) is 6.59. The molecule has 4 heteroatoms. The largest absolute Gasteiger partial charge is 0.337 e. The van der Waals surface area contributed by atoms with E-state index in [0.29, 0.717) is 0 Å². The van der Waals surface area contributed by atoms with Crippen LogP contribution >= 0.6 is 0 Å². The minimum atomic E-state index is -0.0942. The highest BCUT2D eigenvalue weighted by Crippen LogP contribution is 2.35. The molecule has 2 N–H and O–H groups in total. The quantitative estimate of drug-likeness (QED) is 0.238. The van der Waals surface area contributed by atoms with Gasteiger partial charge in [0.05, 0.1) is 11.4 Å². The molecule has 0 saturated carbocycles. The van der Waals surface area contributed by atoms with Gasteiger partial charge in [0.15, 0.2) is 0 Å². The molecule has 0 bridgehead atoms. The molecule has 0 aliphatic rings. The summed E-state index contributed by atoms with van der Waals surface area (Å²) < 4.78 is 0. The van der Waals surface area contributed by atoms with Crippen LogP contribution in [0.2, 0.25) is 0 Å². The number of anilines is 1. The highest BCUT2D eigenvalue weighted by atomic mass is 16.1. The third kappa shape index (κ3) is 5.27. The summed E-state index contributed by atoms with van der Waals surface area (Å²) in [6.45, 7) is 1.51. The van der Waals surface area contributed by atoms with Crippen LogP contribution in [0.5, 0.6) is 0 Å². The van der Waals surface area contributed by atoms with E-state index in [4.69, 9.17) is 4.98 Å². The third-order valence-corrected chi connectivity index (χ3v) is 6.73. The monoisotopic (exact) mass is 505 g/mol. The van der Waals surface area contributed by atoms with Gasteiger partial charge in [-0.3, -0.25) is 4.79 Å². The number of imidazole rings is 1. The van der Waals surface area contributed by atoms with Crippen molar-refractivity contribution in [1.29, 1.82) is 0 Å². The summed E-state index contributed by atoms with van der Waals surface area (Å²) >= 11 is 0. The number of nitrogens with zero attached hydrogens (tertiary/aromatic N) is 1. The Labute approximate surface area is 228 Å². The van der Waals surface area contributed by atoms with Crippen molar-refractivity contribution in [2.24, 2.45) is 0 Å². The number of hydrogen-bond donors (Lipinski definition) is 2. The van der Waals surface area contributed by atoms with Crippen molar-refractivity contribution < 1.29 is 4.79 Å². The van der Waals surface area contributed by atoms with Gasteiger partial charge in [-0.25, -0.2) is 4.98 Å². The summed E-state index contributed by atoms with van der Waals surface area (Å²) in [7, 11) is 0. The second-order valence-corrected chi connectivity index (χ2v) is 9.45. The van der Waals surface area contributed by atoms with Gasteiger partial charge in [0, 0.05) is 29.3 Å². The standard InChI is InChI=1S/C35H27N3O/c1-24(39)36-32-22-20-31(21-23-32)35-37-33(29-16-12-27(13-17-29)25-8-4-2-5-9-25)34(38-35)30-18-14-28(15-19-30)26-10-6-3-7-11-26/h2-23H,1H3,(H,36,39)(H,37,38). The number of carbonyl (C=O) groups is 1. The first kappa shape index (κ1) is 24.1. The first-order valence-electron chi connectivity index (χ1n) is 12.9. The summed E-state index contributed by atoms with van der Waals surface area (Å²) in [6.07, 6.45) is 0. The van der Waals surface area contributed by atoms with Crippen molar-refractivity contribution in [2.75, 3.05) is 5.32 Å². The lowest BCUT2D eigenvalue weighted by atomic mass is 9.99. The lowest BCUT2D eigenvalue weighted by Gasteiger charge is -2.07. The Morgan fingerprint density at radius 2 is 0.974 bits per heavy atom. The number of rotatable bonds is 6. The average Bonchev–Trinajstić information content (AvgIpc) is 3.44. The molecule has 1 aromatic heterocycles. The fraction of sp³-hybridized carbons (Fsp3) is 0.0286. The molecule has 5 aromatic carbocycles. The molecule has 0 saturated heterocycles. The van der Waals surface area contributed by atoms with Crippen molar-refractivity contribution in [1.82, 2.24) is 9.97 Å². The minimum absolute atomic E-state index is 0.0942. The molecule has 0 unspecified atom stereocenters. The number of aromatic nitrogens is 2. The number of aromatic amines is 1. The van der Waals surface area contributed by atoms with E-state index in [9.17, 15) is 4.79 Å². The van der Waals surface area contributed by atoms with E-state index in [1.807, 2.05) is 36.4 Å². The van der Waals surface area contributed by atoms with Crippen LogP contribution in [0.25, 0.3) is 56.2 Å². The summed E-state index contributed by atoms with van der Waals surface area (Å²) in [5, 5.41) is 2.82. The molecule has 1 amide bonds. The van der Waals surface area contributed by atoms with Gasteiger partial charge < -0.3 is 10.3 Å².